The summed E-state index contributed by atoms with van der Waals surface area (Å²) in [6.45, 7) is 4.75. The van der Waals surface area contributed by atoms with Crippen LogP contribution in [0.15, 0.2) is 0 Å². The molecule has 0 aromatic carbocycles. The topological polar surface area (TPSA) is 62.1 Å². The number of ether oxygens (including phenoxy) is 1. The molecule has 1 aliphatic carbocycles. The van der Waals surface area contributed by atoms with Gasteiger partial charge in [0.2, 0.25) is 5.91 Å². The fourth-order valence-corrected chi connectivity index (χ4v) is 2.50. The highest BCUT2D eigenvalue weighted by molar-refractivity contribution is 5.77. The molecule has 18 heavy (non-hydrogen) atoms. The number of nitriles is 1. The summed E-state index contributed by atoms with van der Waals surface area (Å²) < 4.78 is 5.02. The highest BCUT2D eigenvalue weighted by atomic mass is 16.5. The minimum absolute atomic E-state index is 0.0318. The number of hydrogen-bond donors (Lipinski definition) is 1. The summed E-state index contributed by atoms with van der Waals surface area (Å²) in [5.74, 6) is 0.819. The van der Waals surface area contributed by atoms with Gasteiger partial charge in [-0.05, 0) is 37.5 Å². The van der Waals surface area contributed by atoms with Crippen molar-refractivity contribution in [3.63, 3.8) is 0 Å². The van der Waals surface area contributed by atoms with Gasteiger partial charge in [-0.15, -0.1) is 0 Å². The first kappa shape index (κ1) is 15.0. The Morgan fingerprint density at radius 2 is 2.17 bits per heavy atom. The molecule has 1 fully saturated rings. The Bertz CT molecular complexity index is 314. The Kier molecular flexibility index (Phi) is 5.61. The van der Waals surface area contributed by atoms with E-state index in [9.17, 15) is 10.1 Å². The van der Waals surface area contributed by atoms with Crippen LogP contribution in [0.3, 0.4) is 0 Å². The van der Waals surface area contributed by atoms with E-state index in [1.165, 1.54) is 0 Å². The number of nitrogens with one attached hydrogen (secondary N) is 1. The van der Waals surface area contributed by atoms with Crippen LogP contribution in [0.2, 0.25) is 0 Å². The number of hydrogen-bond acceptors (Lipinski definition) is 3. The van der Waals surface area contributed by atoms with E-state index >= 15 is 0 Å². The number of nitrogens with zero attached hydrogens (tertiary/aromatic N) is 1. The van der Waals surface area contributed by atoms with E-state index in [1.54, 1.807) is 7.11 Å². The number of rotatable bonds is 5. The fourth-order valence-electron chi connectivity index (χ4n) is 2.50. The molecular weight excluding hydrogens is 228 g/mol. The maximum absolute atomic E-state index is 11.9. The molecule has 0 radical (unpaired) electrons. The summed E-state index contributed by atoms with van der Waals surface area (Å²) in [5, 5.41) is 12.3. The molecule has 1 saturated carbocycles. The van der Waals surface area contributed by atoms with Crippen LogP contribution in [-0.2, 0) is 9.53 Å². The third-order valence-electron chi connectivity index (χ3n) is 3.71. The van der Waals surface area contributed by atoms with Gasteiger partial charge in [0.15, 0.2) is 0 Å². The van der Waals surface area contributed by atoms with Crippen LogP contribution in [-0.4, -0.2) is 25.2 Å². The van der Waals surface area contributed by atoms with E-state index in [2.05, 4.69) is 18.3 Å². The van der Waals surface area contributed by atoms with Crippen molar-refractivity contribution >= 4 is 5.91 Å². The smallest absolute Gasteiger partial charge is 0.221 e. The quantitative estimate of drug-likeness (QED) is 0.816. The monoisotopic (exact) mass is 252 g/mol. The molecule has 0 aromatic rings. The highest BCUT2D eigenvalue weighted by Crippen LogP contribution is 2.31. The molecule has 0 saturated heterocycles. The van der Waals surface area contributed by atoms with Gasteiger partial charge in [0.25, 0.3) is 0 Å². The normalized spacial score (nSPS) is 29.3. The zero-order chi connectivity index (χ0) is 13.6. The zero-order valence-corrected chi connectivity index (χ0v) is 11.7. The van der Waals surface area contributed by atoms with Crippen LogP contribution < -0.4 is 5.32 Å². The molecule has 1 atom stereocenters. The third kappa shape index (κ3) is 4.30. The summed E-state index contributed by atoms with van der Waals surface area (Å²) >= 11 is 0. The molecule has 4 nitrogen and oxygen atoms in total. The van der Waals surface area contributed by atoms with Crippen LogP contribution in [0.1, 0.15) is 46.0 Å². The predicted molar refractivity (Wildman–Crippen MR) is 69.8 cm³/mol. The van der Waals surface area contributed by atoms with Gasteiger partial charge in [0.05, 0.1) is 6.07 Å². The lowest BCUT2D eigenvalue weighted by molar-refractivity contribution is -0.124. The second kappa shape index (κ2) is 6.75. The Morgan fingerprint density at radius 3 is 2.67 bits per heavy atom. The van der Waals surface area contributed by atoms with Gasteiger partial charge >= 0.3 is 0 Å². The predicted octanol–water partition coefficient (Wildman–Crippen LogP) is 2.25. The number of carbonyl (C=O) groups is 1. The molecule has 1 N–H and O–H groups in total. The van der Waals surface area contributed by atoms with Crippen molar-refractivity contribution in [3.05, 3.63) is 0 Å². The molecule has 0 spiro atoms. The van der Waals surface area contributed by atoms with E-state index in [-0.39, 0.29) is 11.8 Å². The van der Waals surface area contributed by atoms with Crippen LogP contribution in [0.4, 0.5) is 0 Å². The number of amides is 1. The number of carbonyl (C=O) groups excluding carboxylic acids is 1. The first-order chi connectivity index (χ1) is 8.51. The van der Waals surface area contributed by atoms with E-state index in [1.807, 2.05) is 6.92 Å². The van der Waals surface area contributed by atoms with E-state index in [4.69, 9.17) is 4.74 Å². The Morgan fingerprint density at radius 1 is 1.56 bits per heavy atom. The molecule has 1 aliphatic rings. The molecule has 102 valence electrons. The van der Waals surface area contributed by atoms with Crippen molar-refractivity contribution in [2.24, 2.45) is 11.8 Å². The lowest BCUT2D eigenvalue weighted by Crippen LogP contribution is -2.49. The van der Waals surface area contributed by atoms with Crippen molar-refractivity contribution in [1.29, 1.82) is 5.26 Å². The molecule has 0 bridgehead atoms. The maximum Gasteiger partial charge on any atom is 0.221 e. The first-order valence-electron chi connectivity index (χ1n) is 6.72. The van der Waals surface area contributed by atoms with E-state index < -0.39 is 5.54 Å². The molecule has 1 amide bonds. The van der Waals surface area contributed by atoms with Gasteiger partial charge in [0.1, 0.15) is 5.54 Å². The zero-order valence-electron chi connectivity index (χ0n) is 11.7. The van der Waals surface area contributed by atoms with Crippen molar-refractivity contribution in [2.45, 2.75) is 51.5 Å². The summed E-state index contributed by atoms with van der Waals surface area (Å²) in [6.07, 6.45) is 4.00. The number of methoxy groups -OCH3 is 1. The lowest BCUT2D eigenvalue weighted by atomic mass is 9.78. The third-order valence-corrected chi connectivity index (χ3v) is 3.71. The molecule has 0 aliphatic heterocycles. The van der Waals surface area contributed by atoms with Crippen molar-refractivity contribution in [1.82, 2.24) is 5.32 Å². The fraction of sp³-hybridized carbons (Fsp3) is 0.857. The summed E-state index contributed by atoms with van der Waals surface area (Å²) in [4.78, 5) is 11.9. The van der Waals surface area contributed by atoms with Gasteiger partial charge in [-0.3, -0.25) is 4.79 Å². The first-order valence-corrected chi connectivity index (χ1v) is 6.72. The minimum Gasteiger partial charge on any atom is -0.384 e. The molecule has 0 aromatic heterocycles. The molecule has 1 rings (SSSR count). The van der Waals surface area contributed by atoms with E-state index in [0.717, 1.165) is 25.7 Å². The van der Waals surface area contributed by atoms with Crippen molar-refractivity contribution in [2.75, 3.05) is 13.7 Å². The van der Waals surface area contributed by atoms with Gasteiger partial charge in [0, 0.05) is 20.1 Å². The molecule has 1 unspecified atom stereocenters. The van der Waals surface area contributed by atoms with Gasteiger partial charge in [-0.25, -0.2) is 0 Å². The second-order valence-corrected chi connectivity index (χ2v) is 5.69. The van der Waals surface area contributed by atoms with Crippen LogP contribution >= 0.6 is 0 Å². The average molecular weight is 252 g/mol. The van der Waals surface area contributed by atoms with Crippen LogP contribution in [0.25, 0.3) is 0 Å². The van der Waals surface area contributed by atoms with Crippen LogP contribution in [0.5, 0.6) is 0 Å². The molecule has 4 heteroatoms. The maximum atomic E-state index is 11.9. The average Bonchev–Trinajstić information content (AvgIpc) is 2.32. The second-order valence-electron chi connectivity index (χ2n) is 5.69. The van der Waals surface area contributed by atoms with Gasteiger partial charge in [-0.1, -0.05) is 13.8 Å². The summed E-state index contributed by atoms with van der Waals surface area (Å²) in [6, 6.07) is 2.31. The van der Waals surface area contributed by atoms with Crippen molar-refractivity contribution < 1.29 is 9.53 Å². The van der Waals surface area contributed by atoms with Gasteiger partial charge < -0.3 is 10.1 Å². The SMILES string of the molecule is COCC(C)CC(=O)NC1(C#N)CCC(C)CC1. The van der Waals surface area contributed by atoms with Crippen molar-refractivity contribution in [3.8, 4) is 6.07 Å². The standard InChI is InChI=1S/C14H24N2O2/c1-11-4-6-14(10-15,7-5-11)16-13(17)8-12(2)9-18-3/h11-12H,4-9H2,1-3H3,(H,16,17). The largest absolute Gasteiger partial charge is 0.384 e. The summed E-state index contributed by atoms with van der Waals surface area (Å²) in [5.41, 5.74) is -0.629. The Hall–Kier alpha value is -1.08. The Balaban J connectivity index is 2.48. The highest BCUT2D eigenvalue weighted by Gasteiger charge is 2.35. The molecule has 0 heterocycles. The molecular formula is C14H24N2O2. The minimum atomic E-state index is -0.629. The Labute approximate surface area is 110 Å². The van der Waals surface area contributed by atoms with E-state index in [0.29, 0.717) is 18.9 Å². The van der Waals surface area contributed by atoms with Gasteiger partial charge in [-0.2, -0.15) is 5.26 Å². The summed E-state index contributed by atoms with van der Waals surface area (Å²) in [7, 11) is 1.63. The lowest BCUT2D eigenvalue weighted by Gasteiger charge is -2.34. The van der Waals surface area contributed by atoms with Crippen LogP contribution in [0, 0.1) is 23.2 Å².